The van der Waals surface area contributed by atoms with Crippen molar-refractivity contribution in [2.45, 2.75) is 25.5 Å². The lowest BCUT2D eigenvalue weighted by Gasteiger charge is -2.11. The largest absolute Gasteiger partial charge is 0.356 e. The maximum atomic E-state index is 11.3. The SMILES string of the molecule is CC(CCl)C(=O)NCCC(C)S(C)=O. The zero-order chi connectivity index (χ0) is 11.1. The summed E-state index contributed by atoms with van der Waals surface area (Å²) in [4.78, 5) is 11.3. The number of amides is 1. The number of rotatable bonds is 6. The van der Waals surface area contributed by atoms with Gasteiger partial charge < -0.3 is 5.32 Å². The molecule has 0 aromatic rings. The Morgan fingerprint density at radius 3 is 2.50 bits per heavy atom. The van der Waals surface area contributed by atoms with E-state index in [0.717, 1.165) is 6.42 Å². The molecule has 5 heteroatoms. The van der Waals surface area contributed by atoms with Crippen molar-refractivity contribution in [3.63, 3.8) is 0 Å². The second kappa shape index (κ2) is 7.23. The van der Waals surface area contributed by atoms with Crippen molar-refractivity contribution in [1.82, 2.24) is 5.32 Å². The highest BCUT2D eigenvalue weighted by Gasteiger charge is 2.11. The average Bonchev–Trinajstić information content (AvgIpc) is 2.15. The minimum Gasteiger partial charge on any atom is -0.356 e. The molecular weight excluding hydrogens is 222 g/mol. The molecule has 84 valence electrons. The number of hydrogen-bond donors (Lipinski definition) is 1. The molecule has 0 aliphatic heterocycles. The maximum Gasteiger partial charge on any atom is 0.224 e. The van der Waals surface area contributed by atoms with E-state index in [0.29, 0.717) is 12.4 Å². The molecule has 0 aliphatic carbocycles. The molecule has 0 heterocycles. The molecule has 0 spiro atoms. The third-order valence-corrected chi connectivity index (χ3v) is 3.93. The van der Waals surface area contributed by atoms with E-state index in [1.54, 1.807) is 13.2 Å². The quantitative estimate of drug-likeness (QED) is 0.707. The Bertz CT molecular complexity index is 211. The minimum absolute atomic E-state index is 0.0333. The zero-order valence-corrected chi connectivity index (χ0v) is 10.5. The van der Waals surface area contributed by atoms with Gasteiger partial charge in [0.15, 0.2) is 0 Å². The standard InChI is InChI=1S/C9H18ClNO2S/c1-7(6-10)9(12)11-5-4-8(2)14(3)13/h7-8H,4-6H2,1-3H3,(H,11,12). The highest BCUT2D eigenvalue weighted by Crippen LogP contribution is 2.00. The fourth-order valence-electron chi connectivity index (χ4n) is 0.809. The van der Waals surface area contributed by atoms with Gasteiger partial charge >= 0.3 is 0 Å². The van der Waals surface area contributed by atoms with Crippen LogP contribution in [-0.4, -0.2) is 34.0 Å². The van der Waals surface area contributed by atoms with Crippen LogP contribution in [0.25, 0.3) is 0 Å². The van der Waals surface area contributed by atoms with E-state index in [1.807, 2.05) is 6.92 Å². The van der Waals surface area contributed by atoms with Crippen molar-refractivity contribution in [3.8, 4) is 0 Å². The summed E-state index contributed by atoms with van der Waals surface area (Å²) in [6.07, 6.45) is 2.41. The van der Waals surface area contributed by atoms with Crippen LogP contribution in [0.4, 0.5) is 0 Å². The Kier molecular flexibility index (Phi) is 7.19. The molecule has 0 saturated heterocycles. The first-order valence-corrected chi connectivity index (χ1v) is 6.80. The molecule has 0 aromatic heterocycles. The first-order valence-electron chi connectivity index (χ1n) is 4.65. The van der Waals surface area contributed by atoms with E-state index in [2.05, 4.69) is 5.32 Å². The summed E-state index contributed by atoms with van der Waals surface area (Å²) in [5.41, 5.74) is 0. The van der Waals surface area contributed by atoms with Gasteiger partial charge in [-0.1, -0.05) is 13.8 Å². The predicted octanol–water partition coefficient (Wildman–Crippen LogP) is 1.13. The van der Waals surface area contributed by atoms with Crippen LogP contribution < -0.4 is 5.32 Å². The lowest BCUT2D eigenvalue weighted by Crippen LogP contribution is -2.32. The van der Waals surface area contributed by atoms with E-state index in [1.165, 1.54) is 0 Å². The molecule has 1 N–H and O–H groups in total. The van der Waals surface area contributed by atoms with Crippen molar-refractivity contribution in [3.05, 3.63) is 0 Å². The van der Waals surface area contributed by atoms with Gasteiger partial charge in [0, 0.05) is 40.6 Å². The normalized spacial score (nSPS) is 17.1. The third kappa shape index (κ3) is 5.60. The van der Waals surface area contributed by atoms with E-state index < -0.39 is 10.8 Å². The molecule has 1 amide bonds. The molecule has 0 radical (unpaired) electrons. The summed E-state index contributed by atoms with van der Waals surface area (Å²) < 4.78 is 11.0. The molecule has 3 nitrogen and oxygen atoms in total. The van der Waals surface area contributed by atoms with Gasteiger partial charge in [-0.3, -0.25) is 9.00 Å². The summed E-state index contributed by atoms with van der Waals surface area (Å²) in [7, 11) is -0.815. The molecule has 0 bridgehead atoms. The number of halogens is 1. The molecule has 0 rings (SSSR count). The van der Waals surface area contributed by atoms with Crippen molar-refractivity contribution in [2.24, 2.45) is 5.92 Å². The van der Waals surface area contributed by atoms with E-state index >= 15 is 0 Å². The Balaban J connectivity index is 3.64. The van der Waals surface area contributed by atoms with Gasteiger partial charge in [-0.05, 0) is 6.42 Å². The summed E-state index contributed by atoms with van der Waals surface area (Å²) in [5, 5.41) is 2.89. The molecular formula is C9H18ClNO2S. The van der Waals surface area contributed by atoms with Crippen LogP contribution >= 0.6 is 11.6 Å². The van der Waals surface area contributed by atoms with Crippen LogP contribution in [0, 0.1) is 5.92 Å². The van der Waals surface area contributed by atoms with Gasteiger partial charge in [0.05, 0.1) is 0 Å². The highest BCUT2D eigenvalue weighted by molar-refractivity contribution is 7.84. The Morgan fingerprint density at radius 2 is 2.07 bits per heavy atom. The number of hydrogen-bond acceptors (Lipinski definition) is 2. The fourth-order valence-corrected chi connectivity index (χ4v) is 1.40. The van der Waals surface area contributed by atoms with Crippen molar-refractivity contribution >= 4 is 28.3 Å². The van der Waals surface area contributed by atoms with Gasteiger partial charge in [0.1, 0.15) is 0 Å². The Morgan fingerprint density at radius 1 is 1.50 bits per heavy atom. The van der Waals surface area contributed by atoms with Crippen LogP contribution in [0.2, 0.25) is 0 Å². The van der Waals surface area contributed by atoms with Gasteiger partial charge in [0.2, 0.25) is 5.91 Å². The van der Waals surface area contributed by atoms with Gasteiger partial charge in [-0.2, -0.15) is 0 Å². The lowest BCUT2D eigenvalue weighted by molar-refractivity contribution is -0.123. The Hall–Kier alpha value is -0.0900. The molecule has 0 fully saturated rings. The third-order valence-electron chi connectivity index (χ3n) is 2.10. The second-order valence-corrected chi connectivity index (χ2v) is 5.55. The number of carbonyl (C=O) groups is 1. The summed E-state index contributed by atoms with van der Waals surface area (Å²) >= 11 is 5.53. The van der Waals surface area contributed by atoms with Crippen LogP contribution in [0.1, 0.15) is 20.3 Å². The summed E-state index contributed by atoms with van der Waals surface area (Å²) in [5.74, 6) is 0.148. The van der Waals surface area contributed by atoms with Crippen LogP contribution in [-0.2, 0) is 15.6 Å². The highest BCUT2D eigenvalue weighted by atomic mass is 35.5. The van der Waals surface area contributed by atoms with Crippen molar-refractivity contribution in [2.75, 3.05) is 18.7 Å². The zero-order valence-electron chi connectivity index (χ0n) is 8.88. The summed E-state index contributed by atoms with van der Waals surface area (Å²) in [6.45, 7) is 4.26. The maximum absolute atomic E-state index is 11.3. The minimum atomic E-state index is -0.815. The second-order valence-electron chi connectivity index (χ2n) is 3.44. The van der Waals surface area contributed by atoms with Gasteiger partial charge in [-0.15, -0.1) is 11.6 Å². The first kappa shape index (κ1) is 13.9. The van der Waals surface area contributed by atoms with Crippen molar-refractivity contribution < 1.29 is 9.00 Å². The molecule has 0 aromatic carbocycles. The molecule has 0 aliphatic rings. The number of carbonyl (C=O) groups excluding carboxylic acids is 1. The number of nitrogens with one attached hydrogen (secondary N) is 1. The fraction of sp³-hybridized carbons (Fsp3) is 0.889. The van der Waals surface area contributed by atoms with Crippen LogP contribution in [0.5, 0.6) is 0 Å². The molecule has 14 heavy (non-hydrogen) atoms. The van der Waals surface area contributed by atoms with Gasteiger partial charge in [-0.25, -0.2) is 0 Å². The molecule has 0 saturated carbocycles. The van der Waals surface area contributed by atoms with Crippen LogP contribution in [0.3, 0.4) is 0 Å². The smallest absolute Gasteiger partial charge is 0.224 e. The van der Waals surface area contributed by atoms with E-state index in [9.17, 15) is 9.00 Å². The molecule has 3 atom stereocenters. The monoisotopic (exact) mass is 239 g/mol. The number of alkyl halides is 1. The predicted molar refractivity (Wildman–Crippen MR) is 61.0 cm³/mol. The average molecular weight is 240 g/mol. The first-order chi connectivity index (χ1) is 6.49. The summed E-state index contributed by atoms with van der Waals surface area (Å²) in [6, 6.07) is 0. The molecule has 3 unspecified atom stereocenters. The van der Waals surface area contributed by atoms with E-state index in [4.69, 9.17) is 11.6 Å². The van der Waals surface area contributed by atoms with Crippen molar-refractivity contribution in [1.29, 1.82) is 0 Å². The lowest BCUT2D eigenvalue weighted by atomic mass is 10.2. The van der Waals surface area contributed by atoms with E-state index in [-0.39, 0.29) is 17.1 Å². The Labute approximate surface area is 93.0 Å². The topological polar surface area (TPSA) is 46.2 Å². The van der Waals surface area contributed by atoms with Crippen LogP contribution in [0.15, 0.2) is 0 Å². The van der Waals surface area contributed by atoms with Gasteiger partial charge in [0.25, 0.3) is 0 Å².